The van der Waals surface area contributed by atoms with Gasteiger partial charge in [-0.05, 0) is 6.42 Å². The molecule has 1 heterocycles. The van der Waals surface area contributed by atoms with Crippen LogP contribution in [0.4, 0.5) is 0 Å². The Hall–Kier alpha value is -0.930. The van der Waals surface area contributed by atoms with E-state index in [1.165, 1.54) is 0 Å². The topological polar surface area (TPSA) is 209 Å². The number of hydrogen-bond donors (Lipinski definition) is 9. The van der Waals surface area contributed by atoms with E-state index in [0.29, 0.717) is 6.42 Å². The van der Waals surface area contributed by atoms with Gasteiger partial charge in [0.05, 0.1) is 13.2 Å². The van der Waals surface area contributed by atoms with Gasteiger partial charge in [-0.25, -0.2) is 0 Å². The van der Waals surface area contributed by atoms with Crippen molar-refractivity contribution in [2.75, 3.05) is 19.8 Å². The number of nitrogens with one attached hydrogen (secondary N) is 1. The van der Waals surface area contributed by atoms with Crippen LogP contribution in [0.1, 0.15) is 13.3 Å². The number of amides is 1. The molecule has 0 bridgehead atoms. The summed E-state index contributed by atoms with van der Waals surface area (Å²) in [5.74, 6) is -0.948. The molecular weight excluding hydrogens is 370 g/mol. The second-order valence-electron chi connectivity index (χ2n) is 6.27. The molecule has 1 fully saturated rings. The third-order valence-corrected chi connectivity index (χ3v) is 4.19. The summed E-state index contributed by atoms with van der Waals surface area (Å²) in [6.07, 6.45) is -15.5. The first-order valence-corrected chi connectivity index (χ1v) is 8.58. The van der Waals surface area contributed by atoms with Crippen LogP contribution >= 0.6 is 0 Å². The zero-order valence-corrected chi connectivity index (χ0v) is 14.8. The van der Waals surface area contributed by atoms with Crippen molar-refractivity contribution in [1.29, 1.82) is 0 Å². The minimum Gasteiger partial charge on any atom is -0.394 e. The van der Waals surface area contributed by atoms with Gasteiger partial charge in [0, 0.05) is 6.54 Å². The number of hydrogen-bond acceptors (Lipinski definition) is 11. The average Bonchev–Trinajstić information content (AvgIpc) is 2.68. The monoisotopic (exact) mass is 399 g/mol. The molecule has 1 rings (SSSR count). The standard InChI is InChI=1S/C15H29NO11/c1-2-3-16-14(25)12(24)13(8(20)6(19)4-17)27-15-11(23)10(22)9(21)7(5-18)26-15/h6-13,15,17-24H,2-5H2,1H3,(H,16,25)/t6-,7-,8-,9-,10+,11+,12+,13+,15-/m1/s1. The molecule has 0 aromatic carbocycles. The Morgan fingerprint density at radius 3 is 2.26 bits per heavy atom. The molecule has 0 unspecified atom stereocenters. The molecule has 1 amide bonds. The second-order valence-corrected chi connectivity index (χ2v) is 6.27. The molecule has 0 saturated carbocycles. The number of aliphatic hydroxyl groups is 8. The summed E-state index contributed by atoms with van der Waals surface area (Å²) in [4.78, 5) is 12.0. The highest BCUT2D eigenvalue weighted by Gasteiger charge is 2.47. The van der Waals surface area contributed by atoms with Crippen LogP contribution in [0, 0.1) is 0 Å². The third kappa shape index (κ3) is 6.02. The Morgan fingerprint density at radius 2 is 1.74 bits per heavy atom. The summed E-state index contributed by atoms with van der Waals surface area (Å²) < 4.78 is 10.3. The van der Waals surface area contributed by atoms with Crippen molar-refractivity contribution in [3.8, 4) is 0 Å². The number of carbonyl (C=O) groups is 1. The first-order valence-electron chi connectivity index (χ1n) is 8.58. The van der Waals surface area contributed by atoms with Gasteiger partial charge in [0.25, 0.3) is 5.91 Å². The molecule has 0 aromatic heterocycles. The maximum Gasteiger partial charge on any atom is 0.251 e. The second kappa shape index (κ2) is 11.2. The predicted molar refractivity (Wildman–Crippen MR) is 87.0 cm³/mol. The van der Waals surface area contributed by atoms with Gasteiger partial charge in [0.1, 0.15) is 42.7 Å². The largest absolute Gasteiger partial charge is 0.394 e. The highest BCUT2D eigenvalue weighted by atomic mass is 16.7. The van der Waals surface area contributed by atoms with Gasteiger partial charge in [-0.2, -0.15) is 0 Å². The van der Waals surface area contributed by atoms with Crippen LogP contribution in [0.15, 0.2) is 0 Å². The maximum absolute atomic E-state index is 12.0. The number of carbonyl (C=O) groups excluding carboxylic acids is 1. The molecular formula is C15H29NO11. The van der Waals surface area contributed by atoms with Gasteiger partial charge in [-0.1, -0.05) is 6.92 Å². The molecule has 0 radical (unpaired) electrons. The van der Waals surface area contributed by atoms with Gasteiger partial charge in [0.15, 0.2) is 12.4 Å². The fourth-order valence-electron chi connectivity index (χ4n) is 2.51. The smallest absolute Gasteiger partial charge is 0.251 e. The van der Waals surface area contributed by atoms with Crippen molar-refractivity contribution in [3.05, 3.63) is 0 Å². The molecule has 0 aromatic rings. The first kappa shape index (κ1) is 24.1. The van der Waals surface area contributed by atoms with E-state index in [1.54, 1.807) is 6.92 Å². The van der Waals surface area contributed by atoms with E-state index in [4.69, 9.17) is 14.6 Å². The van der Waals surface area contributed by atoms with Crippen LogP contribution in [-0.2, 0) is 14.3 Å². The van der Waals surface area contributed by atoms with E-state index < -0.39 is 74.2 Å². The molecule has 1 saturated heterocycles. The Morgan fingerprint density at radius 1 is 1.11 bits per heavy atom. The lowest BCUT2D eigenvalue weighted by molar-refractivity contribution is -0.325. The highest BCUT2D eigenvalue weighted by molar-refractivity contribution is 5.81. The average molecular weight is 399 g/mol. The summed E-state index contributed by atoms with van der Waals surface area (Å²) in [6.45, 7) is 0.316. The summed E-state index contributed by atoms with van der Waals surface area (Å²) in [7, 11) is 0. The van der Waals surface area contributed by atoms with Gasteiger partial charge in [0.2, 0.25) is 0 Å². The van der Waals surface area contributed by atoms with Gasteiger partial charge in [-0.15, -0.1) is 0 Å². The predicted octanol–water partition coefficient (Wildman–Crippen LogP) is -5.23. The summed E-state index contributed by atoms with van der Waals surface area (Å²) in [6, 6.07) is 0. The Labute approximate surface area is 155 Å². The quantitative estimate of drug-likeness (QED) is 0.169. The van der Waals surface area contributed by atoms with Crippen LogP contribution in [0.3, 0.4) is 0 Å². The van der Waals surface area contributed by atoms with Crippen molar-refractivity contribution in [2.45, 2.75) is 68.5 Å². The van der Waals surface area contributed by atoms with Crippen molar-refractivity contribution < 1.29 is 55.1 Å². The van der Waals surface area contributed by atoms with Gasteiger partial charge >= 0.3 is 0 Å². The fraction of sp³-hybridized carbons (Fsp3) is 0.933. The summed E-state index contributed by atoms with van der Waals surface area (Å²) in [5.41, 5.74) is 0. The van der Waals surface area contributed by atoms with E-state index in [2.05, 4.69) is 5.32 Å². The van der Waals surface area contributed by atoms with Crippen molar-refractivity contribution >= 4 is 5.91 Å². The highest BCUT2D eigenvalue weighted by Crippen LogP contribution is 2.25. The van der Waals surface area contributed by atoms with Crippen molar-refractivity contribution in [3.63, 3.8) is 0 Å². The van der Waals surface area contributed by atoms with Crippen LogP contribution in [0.25, 0.3) is 0 Å². The fourth-order valence-corrected chi connectivity index (χ4v) is 2.51. The lowest BCUT2D eigenvalue weighted by atomic mass is 9.98. The molecule has 12 heteroatoms. The van der Waals surface area contributed by atoms with Crippen LogP contribution < -0.4 is 5.32 Å². The lowest BCUT2D eigenvalue weighted by Gasteiger charge is -2.42. The van der Waals surface area contributed by atoms with E-state index in [0.717, 1.165) is 0 Å². The van der Waals surface area contributed by atoms with E-state index in [1.807, 2.05) is 0 Å². The SMILES string of the molecule is CCCNC(=O)[C@@H](O)[C@@H](O[C@H]1O[C@H](CO)[C@@H](O)[C@H](O)[C@@H]1O)[C@H](O)[C@H](O)CO. The zero-order valence-electron chi connectivity index (χ0n) is 14.8. The minimum absolute atomic E-state index is 0.210. The molecule has 9 N–H and O–H groups in total. The van der Waals surface area contributed by atoms with Gasteiger partial charge in [-0.3, -0.25) is 4.79 Å². The van der Waals surface area contributed by atoms with E-state index in [9.17, 15) is 40.5 Å². The Kier molecular flexibility index (Phi) is 9.97. The summed E-state index contributed by atoms with van der Waals surface area (Å²) in [5, 5.41) is 80.0. The van der Waals surface area contributed by atoms with E-state index >= 15 is 0 Å². The molecule has 27 heavy (non-hydrogen) atoms. The van der Waals surface area contributed by atoms with Crippen LogP contribution in [0.2, 0.25) is 0 Å². The van der Waals surface area contributed by atoms with Crippen LogP contribution in [0.5, 0.6) is 0 Å². The Balaban J connectivity index is 2.99. The van der Waals surface area contributed by atoms with Crippen molar-refractivity contribution in [1.82, 2.24) is 5.32 Å². The molecule has 1 aliphatic heterocycles. The minimum atomic E-state index is -2.03. The molecule has 0 aliphatic carbocycles. The van der Waals surface area contributed by atoms with Crippen LogP contribution in [-0.4, -0.2) is 122 Å². The van der Waals surface area contributed by atoms with Crippen molar-refractivity contribution in [2.24, 2.45) is 0 Å². The first-order chi connectivity index (χ1) is 12.7. The Bertz CT molecular complexity index is 451. The maximum atomic E-state index is 12.0. The molecule has 12 nitrogen and oxygen atoms in total. The van der Waals surface area contributed by atoms with E-state index in [-0.39, 0.29) is 6.54 Å². The number of rotatable bonds is 10. The summed E-state index contributed by atoms with van der Waals surface area (Å²) >= 11 is 0. The third-order valence-electron chi connectivity index (χ3n) is 4.19. The lowest BCUT2D eigenvalue weighted by Crippen LogP contribution is -2.62. The zero-order chi connectivity index (χ0) is 20.7. The molecule has 160 valence electrons. The number of aliphatic hydroxyl groups excluding tert-OH is 8. The molecule has 0 spiro atoms. The van der Waals surface area contributed by atoms with Gasteiger partial charge < -0.3 is 55.6 Å². The molecule has 1 aliphatic rings. The number of ether oxygens (including phenoxy) is 2. The molecule has 9 atom stereocenters. The normalized spacial score (nSPS) is 33.1.